The molecular weight excluding hydrogens is 426 g/mol. The lowest BCUT2D eigenvalue weighted by Crippen LogP contribution is -2.39. The number of carbonyl (C=O) groups excluding carboxylic acids is 2. The summed E-state index contributed by atoms with van der Waals surface area (Å²) in [4.78, 5) is 25.9. The predicted octanol–water partition coefficient (Wildman–Crippen LogP) is 5.68. The van der Waals surface area contributed by atoms with Crippen LogP contribution in [0.1, 0.15) is 51.2 Å². The highest BCUT2D eigenvalue weighted by Crippen LogP contribution is 2.21. The van der Waals surface area contributed by atoms with E-state index in [-0.39, 0.29) is 23.8 Å². The van der Waals surface area contributed by atoms with Gasteiger partial charge in [-0.05, 0) is 64.0 Å². The number of ether oxygens (including phenoxy) is 2. The SMILES string of the molecule is CC(C)(C)OC(=O)N[C@H](C=C[C@@H](Cc1ccccc1)C(=O)C1CCCCO1)Cc1ccccc1. The fourth-order valence-electron chi connectivity index (χ4n) is 4.10. The molecule has 0 spiro atoms. The van der Waals surface area contributed by atoms with Crippen molar-refractivity contribution in [2.45, 2.75) is 70.6 Å². The van der Waals surface area contributed by atoms with Crippen LogP contribution in [0.5, 0.6) is 0 Å². The van der Waals surface area contributed by atoms with Crippen molar-refractivity contribution in [1.82, 2.24) is 5.32 Å². The minimum Gasteiger partial charge on any atom is -0.444 e. The number of Topliss-reactive ketones (excluding diaryl/α,β-unsaturated/α-hetero) is 1. The first kappa shape index (κ1) is 25.7. The van der Waals surface area contributed by atoms with Gasteiger partial charge in [0.2, 0.25) is 0 Å². The molecule has 0 aliphatic carbocycles. The lowest BCUT2D eigenvalue weighted by molar-refractivity contribution is -0.135. The number of benzene rings is 2. The van der Waals surface area contributed by atoms with Gasteiger partial charge in [-0.15, -0.1) is 0 Å². The van der Waals surface area contributed by atoms with Gasteiger partial charge in [0.15, 0.2) is 5.78 Å². The zero-order valence-electron chi connectivity index (χ0n) is 20.5. The Kier molecular flexibility index (Phi) is 9.46. The normalized spacial score (nSPS) is 18.3. The highest BCUT2D eigenvalue weighted by molar-refractivity contribution is 5.87. The van der Waals surface area contributed by atoms with Crippen LogP contribution in [0.2, 0.25) is 0 Å². The van der Waals surface area contributed by atoms with Gasteiger partial charge in [-0.2, -0.15) is 0 Å². The van der Waals surface area contributed by atoms with Gasteiger partial charge in [0.1, 0.15) is 11.7 Å². The molecule has 0 aromatic heterocycles. The molecule has 1 amide bonds. The zero-order valence-corrected chi connectivity index (χ0v) is 20.5. The van der Waals surface area contributed by atoms with E-state index in [1.807, 2.05) is 93.6 Å². The molecule has 1 heterocycles. The van der Waals surface area contributed by atoms with E-state index in [2.05, 4.69) is 5.32 Å². The maximum absolute atomic E-state index is 13.4. The van der Waals surface area contributed by atoms with Crippen LogP contribution < -0.4 is 5.32 Å². The molecule has 1 N–H and O–H groups in total. The molecule has 0 radical (unpaired) electrons. The van der Waals surface area contributed by atoms with E-state index >= 15 is 0 Å². The van der Waals surface area contributed by atoms with E-state index in [4.69, 9.17) is 9.47 Å². The Bertz CT molecular complexity index is 928. The van der Waals surface area contributed by atoms with E-state index in [0.717, 1.165) is 30.4 Å². The van der Waals surface area contributed by atoms with Crippen molar-refractivity contribution >= 4 is 11.9 Å². The Morgan fingerprint density at radius 1 is 0.971 bits per heavy atom. The molecule has 1 aliphatic heterocycles. The summed E-state index contributed by atoms with van der Waals surface area (Å²) in [6.07, 6.45) is 7.02. The second kappa shape index (κ2) is 12.5. The number of amides is 1. The summed E-state index contributed by atoms with van der Waals surface area (Å²) in [6.45, 7) is 6.16. The number of alkyl carbamates (subject to hydrolysis) is 1. The smallest absolute Gasteiger partial charge is 0.408 e. The van der Waals surface area contributed by atoms with E-state index in [1.54, 1.807) is 0 Å². The molecule has 0 bridgehead atoms. The van der Waals surface area contributed by atoms with E-state index in [1.165, 1.54) is 0 Å². The molecule has 0 saturated carbocycles. The molecule has 1 saturated heterocycles. The van der Waals surface area contributed by atoms with Crippen molar-refractivity contribution in [3.63, 3.8) is 0 Å². The van der Waals surface area contributed by atoms with Crippen LogP contribution in [-0.4, -0.2) is 36.2 Å². The third kappa shape index (κ3) is 8.79. The Morgan fingerprint density at radius 2 is 1.59 bits per heavy atom. The van der Waals surface area contributed by atoms with Gasteiger partial charge in [-0.1, -0.05) is 72.8 Å². The molecule has 182 valence electrons. The number of hydrogen-bond donors (Lipinski definition) is 1. The van der Waals surface area contributed by atoms with Crippen LogP contribution in [0.15, 0.2) is 72.8 Å². The second-order valence-corrected chi connectivity index (χ2v) is 9.88. The Balaban J connectivity index is 1.80. The summed E-state index contributed by atoms with van der Waals surface area (Å²) in [5.74, 6) is -0.222. The first-order valence-electron chi connectivity index (χ1n) is 12.2. The molecular formula is C29H37NO4. The monoisotopic (exact) mass is 463 g/mol. The fraction of sp³-hybridized carbons (Fsp3) is 0.448. The Morgan fingerprint density at radius 3 is 2.15 bits per heavy atom. The lowest BCUT2D eigenvalue weighted by atomic mass is 9.89. The maximum Gasteiger partial charge on any atom is 0.408 e. The van der Waals surface area contributed by atoms with Crippen LogP contribution in [0.25, 0.3) is 0 Å². The predicted molar refractivity (Wildman–Crippen MR) is 135 cm³/mol. The number of carbonyl (C=O) groups is 2. The number of hydrogen-bond acceptors (Lipinski definition) is 4. The highest BCUT2D eigenvalue weighted by atomic mass is 16.6. The molecule has 3 rings (SSSR count). The first-order valence-corrected chi connectivity index (χ1v) is 12.2. The van der Waals surface area contributed by atoms with Crippen molar-refractivity contribution in [3.8, 4) is 0 Å². The average molecular weight is 464 g/mol. The van der Waals surface area contributed by atoms with Gasteiger partial charge in [0.25, 0.3) is 0 Å². The standard InChI is InChI=1S/C29H37NO4/c1-29(2,3)34-28(32)30-25(21-23-14-8-5-9-15-23)18-17-24(20-22-12-6-4-7-13-22)27(31)26-16-10-11-19-33-26/h4-9,12-15,17-18,24-26H,10-11,16,19-21H2,1-3H3,(H,30,32)/t24-,25+,26?/m0/s1. The molecule has 3 atom stereocenters. The van der Waals surface area contributed by atoms with Crippen molar-refractivity contribution in [2.75, 3.05) is 6.61 Å². The van der Waals surface area contributed by atoms with Crippen molar-refractivity contribution in [3.05, 3.63) is 83.9 Å². The second-order valence-electron chi connectivity index (χ2n) is 9.88. The third-order valence-corrected chi connectivity index (χ3v) is 5.74. The topological polar surface area (TPSA) is 64.6 Å². The van der Waals surface area contributed by atoms with Crippen molar-refractivity contribution < 1.29 is 19.1 Å². The lowest BCUT2D eigenvalue weighted by Gasteiger charge is -2.25. The number of ketones is 1. The van der Waals surface area contributed by atoms with Crippen LogP contribution in [-0.2, 0) is 27.1 Å². The van der Waals surface area contributed by atoms with Crippen LogP contribution in [0.3, 0.4) is 0 Å². The van der Waals surface area contributed by atoms with E-state index < -0.39 is 11.7 Å². The summed E-state index contributed by atoms with van der Waals surface area (Å²) in [6, 6.07) is 19.7. The maximum atomic E-state index is 13.4. The van der Waals surface area contributed by atoms with E-state index in [0.29, 0.717) is 19.4 Å². The summed E-state index contributed by atoms with van der Waals surface area (Å²) >= 11 is 0. The number of allylic oxidation sites excluding steroid dienone is 1. The minimum atomic E-state index is -0.588. The number of nitrogens with one attached hydrogen (secondary N) is 1. The largest absolute Gasteiger partial charge is 0.444 e. The highest BCUT2D eigenvalue weighted by Gasteiger charge is 2.28. The molecule has 5 nitrogen and oxygen atoms in total. The van der Waals surface area contributed by atoms with Gasteiger partial charge < -0.3 is 14.8 Å². The Hall–Kier alpha value is -2.92. The molecule has 1 fully saturated rings. The third-order valence-electron chi connectivity index (χ3n) is 5.74. The summed E-state index contributed by atoms with van der Waals surface area (Å²) in [5.41, 5.74) is 1.60. The zero-order chi connectivity index (χ0) is 24.4. The fourth-order valence-corrected chi connectivity index (χ4v) is 4.10. The minimum absolute atomic E-state index is 0.107. The van der Waals surface area contributed by atoms with Crippen LogP contribution in [0, 0.1) is 5.92 Å². The molecule has 1 aliphatic rings. The van der Waals surface area contributed by atoms with Gasteiger partial charge in [0, 0.05) is 12.5 Å². The van der Waals surface area contributed by atoms with Gasteiger partial charge >= 0.3 is 6.09 Å². The van der Waals surface area contributed by atoms with Crippen LogP contribution in [0.4, 0.5) is 4.79 Å². The summed E-state index contributed by atoms with van der Waals surface area (Å²) in [5, 5.41) is 2.97. The Labute approximate surface area is 203 Å². The number of rotatable bonds is 9. The molecule has 2 aromatic rings. The van der Waals surface area contributed by atoms with Crippen LogP contribution >= 0.6 is 0 Å². The quantitative estimate of drug-likeness (QED) is 0.486. The van der Waals surface area contributed by atoms with E-state index in [9.17, 15) is 9.59 Å². The summed E-state index contributed by atoms with van der Waals surface area (Å²) in [7, 11) is 0. The summed E-state index contributed by atoms with van der Waals surface area (Å²) < 4.78 is 11.3. The van der Waals surface area contributed by atoms with Gasteiger partial charge in [0.05, 0.1) is 6.04 Å². The molecule has 1 unspecified atom stereocenters. The van der Waals surface area contributed by atoms with Gasteiger partial charge in [-0.3, -0.25) is 4.79 Å². The molecule has 2 aromatic carbocycles. The van der Waals surface area contributed by atoms with Crippen molar-refractivity contribution in [1.29, 1.82) is 0 Å². The average Bonchev–Trinajstić information content (AvgIpc) is 2.82. The molecule has 5 heteroatoms. The molecule has 34 heavy (non-hydrogen) atoms. The van der Waals surface area contributed by atoms with Crippen molar-refractivity contribution in [2.24, 2.45) is 5.92 Å². The van der Waals surface area contributed by atoms with Gasteiger partial charge in [-0.25, -0.2) is 4.79 Å². The first-order chi connectivity index (χ1) is 16.3.